The summed E-state index contributed by atoms with van der Waals surface area (Å²) in [6.07, 6.45) is 12.5. The zero-order valence-electron chi connectivity index (χ0n) is 18.9. The van der Waals surface area contributed by atoms with Crippen molar-refractivity contribution in [1.29, 1.82) is 0 Å². The van der Waals surface area contributed by atoms with E-state index < -0.39 is 0 Å². The van der Waals surface area contributed by atoms with Gasteiger partial charge in [-0.2, -0.15) is 0 Å². The molecule has 169 valence electrons. The summed E-state index contributed by atoms with van der Waals surface area (Å²) >= 11 is -0.294. The number of nitrogens with two attached hydrogens (primary N) is 1. The van der Waals surface area contributed by atoms with Crippen LogP contribution in [-0.2, 0) is 0 Å². The van der Waals surface area contributed by atoms with E-state index in [2.05, 4.69) is 39.8 Å². The molecular formula is C27H26AsN6. The molecule has 2 N–H and O–H groups in total. The van der Waals surface area contributed by atoms with Crippen LogP contribution in [0.3, 0.4) is 0 Å². The topological polar surface area (TPSA) is 82.0 Å². The number of pyridine rings is 2. The zero-order valence-corrected chi connectivity index (χ0v) is 20.8. The van der Waals surface area contributed by atoms with Gasteiger partial charge in [0.25, 0.3) is 0 Å². The van der Waals surface area contributed by atoms with Crippen LogP contribution in [0.2, 0.25) is 0 Å². The van der Waals surface area contributed by atoms with Gasteiger partial charge in [-0.3, -0.25) is 0 Å². The van der Waals surface area contributed by atoms with E-state index in [1.54, 1.807) is 6.20 Å². The third-order valence-electron chi connectivity index (χ3n) is 6.85. The van der Waals surface area contributed by atoms with Gasteiger partial charge in [0, 0.05) is 0 Å². The number of rotatable bonds is 5. The Bertz CT molecular complexity index is 1440. The van der Waals surface area contributed by atoms with Crippen LogP contribution in [0.15, 0.2) is 73.3 Å². The molecule has 1 fully saturated rings. The molecule has 0 aliphatic heterocycles. The SMILES string of the molecule is NCC1CCC(c2ncc3c([As]c4ccc5ccc(-c6ccccn6)nc5c4)nccn23)CC1. The average molecular weight is 509 g/mol. The second-order valence-electron chi connectivity index (χ2n) is 8.98. The Morgan fingerprint density at radius 2 is 1.79 bits per heavy atom. The molecule has 0 unspecified atom stereocenters. The summed E-state index contributed by atoms with van der Waals surface area (Å²) in [7, 11) is 0. The van der Waals surface area contributed by atoms with Gasteiger partial charge < -0.3 is 0 Å². The van der Waals surface area contributed by atoms with E-state index in [1.165, 1.54) is 35.9 Å². The molecule has 5 aromatic rings. The first-order chi connectivity index (χ1) is 16.8. The molecule has 7 heteroatoms. The van der Waals surface area contributed by atoms with Crippen molar-refractivity contribution in [2.75, 3.05) is 6.54 Å². The Balaban J connectivity index is 1.30. The van der Waals surface area contributed by atoms with Crippen LogP contribution in [0.1, 0.15) is 37.4 Å². The molecule has 1 aromatic carbocycles. The summed E-state index contributed by atoms with van der Waals surface area (Å²) < 4.78 is 4.68. The van der Waals surface area contributed by atoms with Gasteiger partial charge in [0.2, 0.25) is 0 Å². The fourth-order valence-corrected chi connectivity index (χ4v) is 7.00. The van der Waals surface area contributed by atoms with Crippen LogP contribution in [0, 0.1) is 5.92 Å². The molecular weight excluding hydrogens is 483 g/mol. The van der Waals surface area contributed by atoms with Gasteiger partial charge in [0.15, 0.2) is 0 Å². The third-order valence-corrected chi connectivity index (χ3v) is 9.14. The number of hydrogen-bond donors (Lipinski definition) is 1. The average Bonchev–Trinajstić information content (AvgIpc) is 3.34. The molecule has 4 heterocycles. The molecule has 0 spiro atoms. The van der Waals surface area contributed by atoms with Crippen molar-refractivity contribution in [3.63, 3.8) is 0 Å². The molecule has 0 amide bonds. The van der Waals surface area contributed by atoms with Crippen molar-refractivity contribution < 1.29 is 0 Å². The van der Waals surface area contributed by atoms with Crippen molar-refractivity contribution in [3.05, 3.63) is 79.1 Å². The molecule has 1 aliphatic carbocycles. The summed E-state index contributed by atoms with van der Waals surface area (Å²) in [5.74, 6) is 2.35. The van der Waals surface area contributed by atoms with Crippen LogP contribution in [-0.4, -0.2) is 46.6 Å². The number of nitrogens with zero attached hydrogens (tertiary/aromatic N) is 5. The molecule has 34 heavy (non-hydrogen) atoms. The Morgan fingerprint density at radius 1 is 0.912 bits per heavy atom. The Morgan fingerprint density at radius 3 is 2.62 bits per heavy atom. The van der Waals surface area contributed by atoms with Crippen molar-refractivity contribution in [1.82, 2.24) is 24.3 Å². The third kappa shape index (κ3) is 4.13. The van der Waals surface area contributed by atoms with E-state index >= 15 is 0 Å². The predicted molar refractivity (Wildman–Crippen MR) is 137 cm³/mol. The standard InChI is InChI=1S/C27H26AsN6/c29-16-18-4-6-20(7-5-18)27-32-17-25-26(31-13-14-34(25)27)28-21-10-8-19-9-11-23(33-24(19)15-21)22-3-1-2-12-30-22/h1-3,8-15,17-18,20H,4-7,16,29H2. The molecule has 0 bridgehead atoms. The Kier molecular flexibility index (Phi) is 5.86. The van der Waals surface area contributed by atoms with Crippen LogP contribution >= 0.6 is 0 Å². The van der Waals surface area contributed by atoms with Crippen LogP contribution in [0.4, 0.5) is 0 Å². The first-order valence-electron chi connectivity index (χ1n) is 11.8. The molecule has 6 rings (SSSR count). The minimum atomic E-state index is -0.294. The minimum absolute atomic E-state index is 0.294. The number of imidazole rings is 1. The molecule has 1 aliphatic rings. The second kappa shape index (κ2) is 9.28. The maximum atomic E-state index is 5.89. The maximum absolute atomic E-state index is 5.89. The predicted octanol–water partition coefficient (Wildman–Crippen LogP) is 3.23. The van der Waals surface area contributed by atoms with Crippen molar-refractivity contribution in [2.24, 2.45) is 11.7 Å². The van der Waals surface area contributed by atoms with Crippen LogP contribution < -0.4 is 14.6 Å². The van der Waals surface area contributed by atoms with Crippen molar-refractivity contribution >= 4 is 41.0 Å². The molecule has 0 saturated heterocycles. The zero-order chi connectivity index (χ0) is 22.9. The van der Waals surface area contributed by atoms with Crippen LogP contribution in [0.25, 0.3) is 27.8 Å². The van der Waals surface area contributed by atoms with E-state index in [1.807, 2.05) is 36.7 Å². The summed E-state index contributed by atoms with van der Waals surface area (Å²) in [5, 5.41) is 1.13. The van der Waals surface area contributed by atoms with Gasteiger partial charge in [-0.1, -0.05) is 0 Å². The summed E-state index contributed by atoms with van der Waals surface area (Å²) in [4.78, 5) is 19.0. The summed E-state index contributed by atoms with van der Waals surface area (Å²) in [6.45, 7) is 0.802. The molecule has 1 saturated carbocycles. The number of benzene rings is 1. The van der Waals surface area contributed by atoms with E-state index in [9.17, 15) is 0 Å². The summed E-state index contributed by atoms with van der Waals surface area (Å²) in [6, 6.07) is 16.6. The van der Waals surface area contributed by atoms with Gasteiger partial charge in [-0.05, 0) is 0 Å². The quantitative estimate of drug-likeness (QED) is 0.368. The first kappa shape index (κ1) is 21.5. The normalized spacial score (nSPS) is 18.9. The molecule has 0 atom stereocenters. The van der Waals surface area contributed by atoms with Crippen molar-refractivity contribution in [2.45, 2.75) is 31.6 Å². The number of aromatic nitrogens is 5. The van der Waals surface area contributed by atoms with Gasteiger partial charge in [-0.25, -0.2) is 0 Å². The van der Waals surface area contributed by atoms with E-state index in [4.69, 9.17) is 20.7 Å². The molecule has 1 radical (unpaired) electrons. The van der Waals surface area contributed by atoms with Gasteiger partial charge in [0.1, 0.15) is 0 Å². The van der Waals surface area contributed by atoms with Gasteiger partial charge in [-0.15, -0.1) is 0 Å². The molecule has 4 aromatic heterocycles. The second-order valence-corrected chi connectivity index (χ2v) is 11.4. The monoisotopic (exact) mass is 509 g/mol. The van der Waals surface area contributed by atoms with Gasteiger partial charge >= 0.3 is 206 Å². The van der Waals surface area contributed by atoms with Crippen LogP contribution in [0.5, 0.6) is 0 Å². The number of hydrogen-bond acceptors (Lipinski definition) is 5. The van der Waals surface area contributed by atoms with Crippen molar-refractivity contribution in [3.8, 4) is 11.4 Å². The number of fused-ring (bicyclic) bond motifs is 2. The van der Waals surface area contributed by atoms with E-state index in [0.29, 0.717) is 11.8 Å². The fourth-order valence-electron chi connectivity index (χ4n) is 4.93. The van der Waals surface area contributed by atoms with Gasteiger partial charge in [0.05, 0.1) is 0 Å². The summed E-state index contributed by atoms with van der Waals surface area (Å²) in [5.41, 5.74) is 9.80. The fraction of sp³-hybridized carbons (Fsp3) is 0.259. The Labute approximate surface area is 205 Å². The van der Waals surface area contributed by atoms with E-state index in [0.717, 1.165) is 38.8 Å². The Hall–Kier alpha value is -3.08. The van der Waals surface area contributed by atoms with E-state index in [-0.39, 0.29) is 15.8 Å². The first-order valence-corrected chi connectivity index (χ1v) is 13.7. The molecule has 6 nitrogen and oxygen atoms in total.